The lowest BCUT2D eigenvalue weighted by molar-refractivity contribution is -0.124. The largest absolute Gasteiger partial charge is 0.480 e. The number of sulfonamides is 1. The van der Waals surface area contributed by atoms with Crippen molar-refractivity contribution in [2.24, 2.45) is 10.9 Å². The predicted octanol–water partition coefficient (Wildman–Crippen LogP) is 3.29. The van der Waals surface area contributed by atoms with Crippen LogP contribution in [0.4, 0.5) is 0 Å². The van der Waals surface area contributed by atoms with E-state index in [4.69, 9.17) is 4.74 Å². The highest BCUT2D eigenvalue weighted by Gasteiger charge is 2.20. The molecule has 1 atom stereocenters. The Balaban J connectivity index is 2.06. The van der Waals surface area contributed by atoms with E-state index in [9.17, 15) is 18.0 Å². The number of nitrogens with zero attached hydrogens (tertiary/aromatic N) is 3. The van der Waals surface area contributed by atoms with Crippen molar-refractivity contribution in [3.05, 3.63) is 87.4 Å². The Bertz CT molecular complexity index is 1650. The van der Waals surface area contributed by atoms with Crippen molar-refractivity contribution >= 4 is 39.1 Å². The first-order valence-corrected chi connectivity index (χ1v) is 13.6. The number of aryl methyl sites for hydroxylation is 2. The molecule has 0 fully saturated rings. The maximum absolute atomic E-state index is 13.3. The molecule has 0 radical (unpaired) electrons. The fraction of sp³-hybridized carbons (Fsp3) is 0.286. The molecule has 2 N–H and O–H groups in total. The highest BCUT2D eigenvalue weighted by Crippen LogP contribution is 2.23. The number of rotatable bonds is 10. The Kier molecular flexibility index (Phi) is 9.08. The van der Waals surface area contributed by atoms with E-state index in [0.29, 0.717) is 27.6 Å². The van der Waals surface area contributed by atoms with Crippen LogP contribution in [0.2, 0.25) is 0 Å². The van der Waals surface area contributed by atoms with Gasteiger partial charge < -0.3 is 10.1 Å². The van der Waals surface area contributed by atoms with Crippen LogP contribution in [0.1, 0.15) is 30.5 Å². The molecule has 1 unspecified atom stereocenters. The molecule has 3 aromatic rings. The minimum Gasteiger partial charge on any atom is -0.480 e. The van der Waals surface area contributed by atoms with E-state index in [1.807, 2.05) is 13.0 Å². The molecule has 11 heteroatoms. The van der Waals surface area contributed by atoms with Gasteiger partial charge in [0.2, 0.25) is 11.8 Å². The van der Waals surface area contributed by atoms with E-state index < -0.39 is 15.9 Å². The summed E-state index contributed by atoms with van der Waals surface area (Å²) < 4.78 is 35.9. The molecule has 0 saturated carbocycles. The molecule has 0 aliphatic rings. The number of benzene rings is 2. The number of amides is 1. The van der Waals surface area contributed by atoms with Gasteiger partial charge in [-0.05, 0) is 74.0 Å². The molecule has 0 bridgehead atoms. The Morgan fingerprint density at radius 2 is 1.95 bits per heavy atom. The Labute approximate surface area is 228 Å². The molecule has 1 heterocycles. The van der Waals surface area contributed by atoms with Crippen molar-refractivity contribution in [1.29, 1.82) is 0 Å². The highest BCUT2D eigenvalue weighted by atomic mass is 32.2. The van der Waals surface area contributed by atoms with Crippen LogP contribution in [-0.2, 0) is 26.1 Å². The third-order valence-electron chi connectivity index (χ3n) is 6.25. The standard InChI is InChI=1S/C28H33N5O5S/c1-17-8-9-18(2)25(12-17)39(36,37)32-24(27(30-6)38-7)13-19(3)21-10-11-23-22(14-21)28(35)33(16-31-23)15-20(4)26(34)29-5/h8-14,16,20,32H,6,15H2,1-5,7H3,(H,29,34)/b19-13+,27-24-. The second kappa shape index (κ2) is 12.1. The monoisotopic (exact) mass is 551 g/mol. The van der Waals surface area contributed by atoms with Crippen molar-refractivity contribution < 1.29 is 17.9 Å². The third kappa shape index (κ3) is 6.61. The normalized spacial score (nSPS) is 13.4. The van der Waals surface area contributed by atoms with Gasteiger partial charge in [-0.15, -0.1) is 0 Å². The van der Waals surface area contributed by atoms with Gasteiger partial charge in [-0.1, -0.05) is 25.1 Å². The number of methoxy groups -OCH3 is 1. The van der Waals surface area contributed by atoms with E-state index >= 15 is 0 Å². The lowest BCUT2D eigenvalue weighted by atomic mass is 10.0. The SMILES string of the molecule is C=N/C(OC)=C(\C=C(/C)c1ccc2ncn(CC(C)C(=O)NC)c(=O)c2c1)NS(=O)(=O)c1cc(C)ccc1C. The number of hydrogen-bond donors (Lipinski definition) is 2. The zero-order chi connectivity index (χ0) is 28.9. The summed E-state index contributed by atoms with van der Waals surface area (Å²) in [7, 11) is -1.08. The van der Waals surface area contributed by atoms with Crippen molar-refractivity contribution in [1.82, 2.24) is 19.6 Å². The first-order valence-electron chi connectivity index (χ1n) is 12.2. The third-order valence-corrected chi connectivity index (χ3v) is 7.76. The lowest BCUT2D eigenvalue weighted by Crippen LogP contribution is -2.32. The molecule has 10 nitrogen and oxygen atoms in total. The summed E-state index contributed by atoms with van der Waals surface area (Å²) in [5.41, 5.74) is 2.95. The van der Waals surface area contributed by atoms with Gasteiger partial charge in [-0.2, -0.15) is 0 Å². The summed E-state index contributed by atoms with van der Waals surface area (Å²) >= 11 is 0. The zero-order valence-electron chi connectivity index (χ0n) is 22.9. The van der Waals surface area contributed by atoms with Crippen LogP contribution in [0.15, 0.2) is 75.1 Å². The van der Waals surface area contributed by atoms with E-state index in [-0.39, 0.29) is 34.5 Å². The number of aromatic nitrogens is 2. The molecule has 39 heavy (non-hydrogen) atoms. The van der Waals surface area contributed by atoms with Crippen LogP contribution in [0.25, 0.3) is 16.5 Å². The molecule has 0 aliphatic heterocycles. The second-order valence-corrected chi connectivity index (χ2v) is 10.9. The first kappa shape index (κ1) is 29.3. The topological polar surface area (TPSA) is 132 Å². The van der Waals surface area contributed by atoms with Crippen LogP contribution < -0.4 is 15.6 Å². The fourth-order valence-corrected chi connectivity index (χ4v) is 5.43. The van der Waals surface area contributed by atoms with Gasteiger partial charge in [0.1, 0.15) is 5.70 Å². The minimum atomic E-state index is -3.99. The molecule has 3 rings (SSSR count). The van der Waals surface area contributed by atoms with Gasteiger partial charge in [-0.3, -0.25) is 18.9 Å². The van der Waals surface area contributed by atoms with Crippen LogP contribution in [0.3, 0.4) is 0 Å². The maximum Gasteiger partial charge on any atom is 0.262 e. The fourth-order valence-electron chi connectivity index (χ4n) is 4.05. The number of fused-ring (bicyclic) bond motifs is 1. The number of ether oxygens (including phenoxy) is 1. The highest BCUT2D eigenvalue weighted by molar-refractivity contribution is 7.89. The molecule has 1 aromatic heterocycles. The van der Waals surface area contributed by atoms with Crippen molar-refractivity contribution in [3.8, 4) is 0 Å². The number of nitrogens with one attached hydrogen (secondary N) is 2. The van der Waals surface area contributed by atoms with Gasteiger partial charge in [-0.25, -0.2) is 18.4 Å². The van der Waals surface area contributed by atoms with E-state index in [2.05, 4.69) is 26.7 Å². The van der Waals surface area contributed by atoms with E-state index in [1.54, 1.807) is 64.2 Å². The van der Waals surface area contributed by atoms with E-state index in [1.165, 1.54) is 18.0 Å². The number of allylic oxidation sites excluding steroid dienone is 2. The maximum atomic E-state index is 13.3. The average Bonchev–Trinajstić information content (AvgIpc) is 2.91. The molecule has 1 amide bonds. The zero-order valence-corrected chi connectivity index (χ0v) is 23.7. The van der Waals surface area contributed by atoms with E-state index in [0.717, 1.165) is 5.56 Å². The Morgan fingerprint density at radius 3 is 2.59 bits per heavy atom. The summed E-state index contributed by atoms with van der Waals surface area (Å²) in [6.07, 6.45) is 3.00. The Morgan fingerprint density at radius 1 is 1.23 bits per heavy atom. The molecular formula is C28H33N5O5S. The molecule has 0 aliphatic carbocycles. The summed E-state index contributed by atoms with van der Waals surface area (Å²) in [4.78, 5) is 33.5. The van der Waals surface area contributed by atoms with Gasteiger partial charge in [0.15, 0.2) is 0 Å². The quantitative estimate of drug-likeness (QED) is 0.226. The lowest BCUT2D eigenvalue weighted by Gasteiger charge is -2.15. The Hall–Kier alpha value is -4.25. The summed E-state index contributed by atoms with van der Waals surface area (Å²) in [6, 6.07) is 10.3. The number of carbonyl (C=O) groups excluding carboxylic acids is 1. The average molecular weight is 552 g/mol. The molecule has 0 saturated heterocycles. The van der Waals surface area contributed by atoms with Gasteiger partial charge >= 0.3 is 0 Å². The van der Waals surface area contributed by atoms with Crippen LogP contribution in [0.5, 0.6) is 0 Å². The molecule has 206 valence electrons. The molecule has 2 aromatic carbocycles. The predicted molar refractivity (Wildman–Crippen MR) is 153 cm³/mol. The second-order valence-electron chi connectivity index (χ2n) is 9.23. The smallest absolute Gasteiger partial charge is 0.262 e. The van der Waals surface area contributed by atoms with Crippen LogP contribution >= 0.6 is 0 Å². The van der Waals surface area contributed by atoms with Crippen molar-refractivity contribution in [2.75, 3.05) is 14.2 Å². The number of aliphatic imine (C=N–C) groups is 1. The molecular weight excluding hydrogens is 518 g/mol. The van der Waals surface area contributed by atoms with Crippen molar-refractivity contribution in [2.45, 2.75) is 39.1 Å². The molecule has 0 spiro atoms. The van der Waals surface area contributed by atoms with Crippen molar-refractivity contribution in [3.63, 3.8) is 0 Å². The first-order chi connectivity index (χ1) is 18.4. The van der Waals surface area contributed by atoms with Gasteiger partial charge in [0.05, 0.1) is 35.2 Å². The van der Waals surface area contributed by atoms with Gasteiger partial charge in [0.25, 0.3) is 15.6 Å². The summed E-state index contributed by atoms with van der Waals surface area (Å²) in [5.74, 6) is -0.619. The summed E-state index contributed by atoms with van der Waals surface area (Å²) in [6.45, 7) is 10.7. The van der Waals surface area contributed by atoms with Gasteiger partial charge in [0, 0.05) is 13.6 Å². The number of hydrogen-bond acceptors (Lipinski definition) is 7. The van der Waals surface area contributed by atoms with Crippen LogP contribution in [-0.4, -0.2) is 44.8 Å². The number of carbonyl (C=O) groups is 1. The van der Waals surface area contributed by atoms with Crippen LogP contribution in [0, 0.1) is 19.8 Å². The minimum absolute atomic E-state index is 0.0174. The summed E-state index contributed by atoms with van der Waals surface area (Å²) in [5, 5.41) is 2.94.